The Morgan fingerprint density at radius 3 is 2.43 bits per heavy atom. The molecule has 0 spiro atoms. The predicted octanol–water partition coefficient (Wildman–Crippen LogP) is 0.742. The van der Waals surface area contributed by atoms with E-state index in [4.69, 9.17) is 0 Å². The number of hydrogen-bond acceptors (Lipinski definition) is 4. The molecule has 8 nitrogen and oxygen atoms in total. The Balaban J connectivity index is 1.44. The molecule has 2 fully saturated rings. The molecule has 2 aromatic rings. The van der Waals surface area contributed by atoms with Crippen LogP contribution in [0.2, 0.25) is 0 Å². The normalized spacial score (nSPS) is 21.8. The van der Waals surface area contributed by atoms with Crippen LogP contribution in [0.3, 0.4) is 0 Å². The number of nitrogens with zero attached hydrogens (tertiary/aromatic N) is 2. The Morgan fingerprint density at radius 1 is 1.04 bits per heavy atom. The first kappa shape index (κ1) is 18.0. The lowest BCUT2D eigenvalue weighted by Crippen LogP contribution is -2.61. The lowest BCUT2D eigenvalue weighted by Gasteiger charge is -2.39. The molecule has 28 heavy (non-hydrogen) atoms. The van der Waals surface area contributed by atoms with E-state index in [9.17, 15) is 14.4 Å². The van der Waals surface area contributed by atoms with Gasteiger partial charge in [0, 0.05) is 6.54 Å². The zero-order valence-electron chi connectivity index (χ0n) is 15.2. The van der Waals surface area contributed by atoms with Crippen molar-refractivity contribution in [2.24, 2.45) is 0 Å². The summed E-state index contributed by atoms with van der Waals surface area (Å²) in [5.74, 6) is -0.414. The van der Waals surface area contributed by atoms with Crippen molar-refractivity contribution in [3.63, 3.8) is 0 Å². The van der Waals surface area contributed by atoms with Gasteiger partial charge >= 0.3 is 6.03 Å². The van der Waals surface area contributed by atoms with Crippen molar-refractivity contribution in [2.75, 3.05) is 13.1 Å². The summed E-state index contributed by atoms with van der Waals surface area (Å²) in [5, 5.41) is 7.18. The minimum Gasteiger partial charge on any atom is -0.350 e. The van der Waals surface area contributed by atoms with Gasteiger partial charge in [0.15, 0.2) is 0 Å². The van der Waals surface area contributed by atoms with E-state index in [1.54, 1.807) is 9.91 Å². The maximum atomic E-state index is 12.6. The van der Waals surface area contributed by atoms with E-state index in [1.807, 2.05) is 60.7 Å². The average Bonchev–Trinajstić information content (AvgIpc) is 3.03. The van der Waals surface area contributed by atoms with Crippen LogP contribution in [0.25, 0.3) is 0 Å². The zero-order chi connectivity index (χ0) is 19.5. The molecule has 0 saturated carbocycles. The van der Waals surface area contributed by atoms with Crippen LogP contribution >= 0.6 is 0 Å². The first-order valence-electron chi connectivity index (χ1n) is 9.12. The summed E-state index contributed by atoms with van der Waals surface area (Å²) in [5.41, 5.74) is 4.46. The number of carbonyl (C=O) groups is 3. The Bertz CT molecular complexity index is 874. The second kappa shape index (κ2) is 7.69. The minimum absolute atomic E-state index is 0.0156. The number of fused-ring (bicyclic) bond motifs is 1. The topological polar surface area (TPSA) is 93.8 Å². The molecule has 2 aliphatic rings. The van der Waals surface area contributed by atoms with E-state index >= 15 is 0 Å². The van der Waals surface area contributed by atoms with Crippen LogP contribution in [0.1, 0.15) is 17.2 Å². The average molecular weight is 379 g/mol. The van der Waals surface area contributed by atoms with Crippen molar-refractivity contribution in [1.29, 1.82) is 0 Å². The number of amides is 4. The van der Waals surface area contributed by atoms with Crippen LogP contribution in [0.4, 0.5) is 4.79 Å². The van der Waals surface area contributed by atoms with Crippen molar-refractivity contribution in [3.05, 3.63) is 71.8 Å². The van der Waals surface area contributed by atoms with Gasteiger partial charge in [-0.05, 0) is 11.1 Å². The standard InChI is InChI=1S/C20H21N5O3/c26-17-13-24(23-20(28)22-11-14-7-3-1-4-8-14)16-12-21-19(27)18(25(16)17)15-9-5-2-6-10-15/h1-10,16,18H,11-13H2,(H,21,27)(H2,22,23,28)/t16?,18-/m0/s1. The molecule has 2 heterocycles. The number of urea groups is 1. The lowest BCUT2D eigenvalue weighted by atomic mass is 10.0. The number of carbonyl (C=O) groups excluding carboxylic acids is 3. The molecule has 144 valence electrons. The molecule has 0 aliphatic carbocycles. The molecule has 0 aromatic heterocycles. The molecule has 2 atom stereocenters. The summed E-state index contributed by atoms with van der Waals surface area (Å²) < 4.78 is 0. The summed E-state index contributed by atoms with van der Waals surface area (Å²) in [6.45, 7) is 0.654. The van der Waals surface area contributed by atoms with Gasteiger partial charge in [-0.25, -0.2) is 4.79 Å². The molecule has 1 unspecified atom stereocenters. The third-order valence-corrected chi connectivity index (χ3v) is 4.92. The Labute approximate surface area is 162 Å². The van der Waals surface area contributed by atoms with Gasteiger partial charge in [0.25, 0.3) is 0 Å². The summed E-state index contributed by atoms with van der Waals surface area (Å²) in [6.07, 6.45) is -0.433. The summed E-state index contributed by atoms with van der Waals surface area (Å²) in [7, 11) is 0. The van der Waals surface area contributed by atoms with Gasteiger partial charge in [0.2, 0.25) is 11.8 Å². The highest BCUT2D eigenvalue weighted by Gasteiger charge is 2.48. The van der Waals surface area contributed by atoms with Crippen molar-refractivity contribution in [1.82, 2.24) is 26.0 Å². The maximum absolute atomic E-state index is 12.6. The van der Waals surface area contributed by atoms with Gasteiger partial charge in [-0.15, -0.1) is 0 Å². The largest absolute Gasteiger partial charge is 0.350 e. The SMILES string of the molecule is O=C(NCc1ccccc1)NN1CC(=O)N2C1CNC(=O)[C@@H]2c1ccccc1. The van der Waals surface area contributed by atoms with Crippen LogP contribution in [-0.4, -0.2) is 47.0 Å². The van der Waals surface area contributed by atoms with Gasteiger partial charge in [-0.1, -0.05) is 60.7 Å². The number of rotatable bonds is 4. The van der Waals surface area contributed by atoms with E-state index in [0.717, 1.165) is 11.1 Å². The Morgan fingerprint density at radius 2 is 1.71 bits per heavy atom. The Hall–Kier alpha value is -3.39. The molecular formula is C20H21N5O3. The molecule has 2 aromatic carbocycles. The molecule has 0 radical (unpaired) electrons. The molecule has 8 heteroatoms. The fourth-order valence-electron chi connectivity index (χ4n) is 3.60. The van der Waals surface area contributed by atoms with Gasteiger partial charge in [0.05, 0.1) is 13.1 Å². The third kappa shape index (κ3) is 3.54. The molecule has 4 rings (SSSR count). The fraction of sp³-hybridized carbons (Fsp3) is 0.250. The van der Waals surface area contributed by atoms with E-state index < -0.39 is 18.2 Å². The van der Waals surface area contributed by atoms with Crippen LogP contribution in [0.15, 0.2) is 60.7 Å². The third-order valence-electron chi connectivity index (χ3n) is 4.92. The van der Waals surface area contributed by atoms with E-state index in [1.165, 1.54) is 0 Å². The van der Waals surface area contributed by atoms with Crippen LogP contribution in [-0.2, 0) is 16.1 Å². The summed E-state index contributed by atoms with van der Waals surface area (Å²) >= 11 is 0. The first-order valence-corrected chi connectivity index (χ1v) is 9.12. The molecule has 3 N–H and O–H groups in total. The predicted molar refractivity (Wildman–Crippen MR) is 101 cm³/mol. The minimum atomic E-state index is -0.702. The highest BCUT2D eigenvalue weighted by molar-refractivity contribution is 5.92. The van der Waals surface area contributed by atoms with E-state index in [0.29, 0.717) is 6.54 Å². The van der Waals surface area contributed by atoms with Crippen molar-refractivity contribution in [2.45, 2.75) is 18.8 Å². The van der Waals surface area contributed by atoms with Crippen molar-refractivity contribution < 1.29 is 14.4 Å². The van der Waals surface area contributed by atoms with Gasteiger partial charge < -0.3 is 15.5 Å². The maximum Gasteiger partial charge on any atom is 0.329 e. The van der Waals surface area contributed by atoms with Crippen molar-refractivity contribution in [3.8, 4) is 0 Å². The quantitative estimate of drug-likeness (QED) is 0.731. The number of benzene rings is 2. The fourth-order valence-corrected chi connectivity index (χ4v) is 3.60. The second-order valence-electron chi connectivity index (χ2n) is 6.75. The molecule has 2 aliphatic heterocycles. The second-order valence-corrected chi connectivity index (χ2v) is 6.75. The van der Waals surface area contributed by atoms with Crippen LogP contribution in [0, 0.1) is 0 Å². The number of hydrazine groups is 1. The van der Waals surface area contributed by atoms with Gasteiger partial charge in [0.1, 0.15) is 12.2 Å². The lowest BCUT2D eigenvalue weighted by molar-refractivity contribution is -0.143. The molecular weight excluding hydrogens is 358 g/mol. The van der Waals surface area contributed by atoms with Crippen molar-refractivity contribution >= 4 is 17.8 Å². The highest BCUT2D eigenvalue weighted by atomic mass is 16.2. The molecule has 4 amide bonds. The highest BCUT2D eigenvalue weighted by Crippen LogP contribution is 2.30. The number of piperazine rings is 1. The smallest absolute Gasteiger partial charge is 0.329 e. The van der Waals surface area contributed by atoms with Gasteiger partial charge in [-0.3, -0.25) is 15.0 Å². The number of nitrogens with one attached hydrogen (secondary N) is 3. The number of hydrogen-bond donors (Lipinski definition) is 3. The van der Waals surface area contributed by atoms with E-state index in [2.05, 4.69) is 16.1 Å². The molecule has 2 saturated heterocycles. The zero-order valence-corrected chi connectivity index (χ0v) is 15.2. The monoisotopic (exact) mass is 379 g/mol. The van der Waals surface area contributed by atoms with Gasteiger partial charge in [-0.2, -0.15) is 5.01 Å². The summed E-state index contributed by atoms with van der Waals surface area (Å²) in [6, 6.07) is 17.6. The molecule has 0 bridgehead atoms. The Kier molecular flexibility index (Phi) is 4.94. The van der Waals surface area contributed by atoms with Crippen LogP contribution < -0.4 is 16.1 Å². The van der Waals surface area contributed by atoms with E-state index in [-0.39, 0.29) is 24.9 Å². The van der Waals surface area contributed by atoms with Crippen LogP contribution in [0.5, 0.6) is 0 Å². The summed E-state index contributed by atoms with van der Waals surface area (Å²) in [4.78, 5) is 38.9. The first-order chi connectivity index (χ1) is 13.6.